The Bertz CT molecular complexity index is 1560. The van der Waals surface area contributed by atoms with Crippen LogP contribution in [0.2, 0.25) is 0 Å². The number of aromatic amines is 4. The van der Waals surface area contributed by atoms with Gasteiger partial charge in [0.05, 0.1) is 10.8 Å². The SMILES string of the molecule is CC1(C)c2ccc([nH]2)C(C)(c2cccs2)c2ccc([nH]2)C(C)(C)c2ccc([nH]2)C(C)(c2cccs2)c2ccc1[nH]2. The van der Waals surface area contributed by atoms with E-state index >= 15 is 0 Å². The third-order valence-corrected chi connectivity index (χ3v) is 11.8. The fraction of sp³-hybridized carbons (Fsp3) is 0.294. The Kier molecular flexibility index (Phi) is 5.42. The summed E-state index contributed by atoms with van der Waals surface area (Å²) < 4.78 is 0. The summed E-state index contributed by atoms with van der Waals surface area (Å²) in [4.78, 5) is 18.2. The number of rotatable bonds is 2. The molecule has 0 radical (unpaired) electrons. The summed E-state index contributed by atoms with van der Waals surface area (Å²) in [6.07, 6.45) is 0. The van der Waals surface area contributed by atoms with Gasteiger partial charge < -0.3 is 19.9 Å². The summed E-state index contributed by atoms with van der Waals surface area (Å²) in [5.74, 6) is 0. The molecule has 0 fully saturated rings. The molecule has 0 atom stereocenters. The van der Waals surface area contributed by atoms with Gasteiger partial charge in [-0.25, -0.2) is 0 Å². The number of H-pyrrole nitrogens is 4. The van der Waals surface area contributed by atoms with Crippen LogP contribution in [-0.2, 0) is 21.7 Å². The standard InChI is InChI=1S/C34H36N4S2/c1-31(2)21-11-15-25(35-21)33(5,29-9-7-19-39-29)27-17-13-23(37-27)32(3,4)24-14-18-28(38-24)34(6,30-10-8-20-40-30)26-16-12-22(31)36-26/h7-20,35-38H,1-6H3. The quantitative estimate of drug-likeness (QED) is 0.162. The number of nitrogens with one attached hydrogen (secondary N) is 4. The van der Waals surface area contributed by atoms with E-state index in [1.165, 1.54) is 55.3 Å². The van der Waals surface area contributed by atoms with Crippen LogP contribution in [0, 0.1) is 0 Å². The van der Waals surface area contributed by atoms with Crippen LogP contribution < -0.4 is 0 Å². The van der Waals surface area contributed by atoms with Gasteiger partial charge in [-0.15, -0.1) is 22.7 Å². The van der Waals surface area contributed by atoms with Crippen molar-refractivity contribution in [2.24, 2.45) is 0 Å². The van der Waals surface area contributed by atoms with Crippen molar-refractivity contribution in [2.75, 3.05) is 0 Å². The second-order valence-corrected chi connectivity index (χ2v) is 14.5. The normalized spacial score (nSPS) is 23.4. The lowest BCUT2D eigenvalue weighted by atomic mass is 9.82. The second-order valence-electron chi connectivity index (χ2n) is 12.6. The molecule has 0 amide bonds. The highest BCUT2D eigenvalue weighted by Crippen LogP contribution is 2.46. The minimum Gasteiger partial charge on any atom is -0.360 e. The van der Waals surface area contributed by atoms with E-state index < -0.39 is 0 Å². The molecule has 4 nitrogen and oxygen atoms in total. The lowest BCUT2D eigenvalue weighted by Gasteiger charge is -2.30. The number of fused-ring (bicyclic) bond motifs is 8. The fourth-order valence-corrected chi connectivity index (χ4v) is 8.28. The molecule has 0 aliphatic carbocycles. The Morgan fingerprint density at radius 1 is 0.400 bits per heavy atom. The molecular formula is C34H36N4S2. The molecule has 0 unspecified atom stereocenters. The maximum Gasteiger partial charge on any atom is 0.0816 e. The smallest absolute Gasteiger partial charge is 0.0816 e. The van der Waals surface area contributed by atoms with Crippen LogP contribution in [-0.4, -0.2) is 19.9 Å². The molecule has 4 N–H and O–H groups in total. The van der Waals surface area contributed by atoms with Crippen molar-refractivity contribution in [2.45, 2.75) is 63.2 Å². The van der Waals surface area contributed by atoms with Gasteiger partial charge >= 0.3 is 0 Å². The summed E-state index contributed by atoms with van der Waals surface area (Å²) in [7, 11) is 0. The predicted octanol–water partition coefficient (Wildman–Crippen LogP) is 8.80. The lowest BCUT2D eigenvalue weighted by Crippen LogP contribution is -2.29. The van der Waals surface area contributed by atoms with E-state index in [9.17, 15) is 0 Å². The van der Waals surface area contributed by atoms with Crippen LogP contribution in [0.15, 0.2) is 83.6 Å². The highest BCUT2D eigenvalue weighted by atomic mass is 32.1. The van der Waals surface area contributed by atoms with E-state index in [2.05, 4.69) is 145 Å². The molecule has 8 bridgehead atoms. The third kappa shape index (κ3) is 3.42. The first-order chi connectivity index (χ1) is 19.1. The van der Waals surface area contributed by atoms with E-state index in [1.807, 2.05) is 0 Å². The summed E-state index contributed by atoms with van der Waals surface area (Å²) in [5, 5.41) is 4.35. The van der Waals surface area contributed by atoms with Crippen molar-refractivity contribution < 1.29 is 0 Å². The van der Waals surface area contributed by atoms with Crippen LogP contribution in [0.5, 0.6) is 0 Å². The third-order valence-electron chi connectivity index (χ3n) is 9.62. The first kappa shape index (κ1) is 25.5. The second kappa shape index (κ2) is 8.51. The van der Waals surface area contributed by atoms with E-state index in [4.69, 9.17) is 0 Å². The van der Waals surface area contributed by atoms with Gasteiger partial charge in [-0.1, -0.05) is 12.1 Å². The molecule has 7 rings (SSSR count). The number of hydrogen-bond acceptors (Lipinski definition) is 2. The average molecular weight is 565 g/mol. The van der Waals surface area contributed by atoms with Crippen molar-refractivity contribution in [3.05, 3.63) is 139 Å². The van der Waals surface area contributed by atoms with Crippen molar-refractivity contribution >= 4 is 22.7 Å². The minimum atomic E-state index is -0.340. The van der Waals surface area contributed by atoms with Gasteiger partial charge in [0, 0.05) is 66.1 Å². The number of aromatic nitrogens is 4. The van der Waals surface area contributed by atoms with Gasteiger partial charge in [0.15, 0.2) is 0 Å². The highest BCUT2D eigenvalue weighted by Gasteiger charge is 2.41. The Labute approximate surface area is 243 Å². The first-order valence-corrected chi connectivity index (χ1v) is 15.7. The first-order valence-electron chi connectivity index (χ1n) is 13.9. The Hall–Kier alpha value is -3.48. The molecule has 7 heterocycles. The average Bonchev–Trinajstić information content (AvgIpc) is 3.80. The van der Waals surface area contributed by atoms with Gasteiger partial charge in [0.25, 0.3) is 0 Å². The molecule has 1 aliphatic heterocycles. The molecule has 0 saturated heterocycles. The molecule has 40 heavy (non-hydrogen) atoms. The van der Waals surface area contributed by atoms with E-state index in [1.54, 1.807) is 22.7 Å². The van der Waals surface area contributed by atoms with E-state index in [-0.39, 0.29) is 21.7 Å². The summed E-state index contributed by atoms with van der Waals surface area (Å²) in [6.45, 7) is 13.9. The molecule has 6 aromatic rings. The number of hydrogen-bond donors (Lipinski definition) is 4. The van der Waals surface area contributed by atoms with E-state index in [0.717, 1.165) is 0 Å². The zero-order chi connectivity index (χ0) is 27.9. The molecule has 0 spiro atoms. The minimum absolute atomic E-state index is 0.246. The predicted molar refractivity (Wildman–Crippen MR) is 167 cm³/mol. The van der Waals surface area contributed by atoms with Crippen molar-refractivity contribution in [3.63, 3.8) is 0 Å². The molecule has 0 saturated carbocycles. The van der Waals surface area contributed by atoms with E-state index in [0.29, 0.717) is 0 Å². The molecule has 1 aliphatic rings. The highest BCUT2D eigenvalue weighted by molar-refractivity contribution is 7.10. The monoisotopic (exact) mass is 564 g/mol. The Morgan fingerprint density at radius 2 is 0.675 bits per heavy atom. The zero-order valence-electron chi connectivity index (χ0n) is 23.9. The fourth-order valence-electron chi connectivity index (χ4n) is 6.44. The Balaban J connectivity index is 1.51. The van der Waals surface area contributed by atoms with Gasteiger partial charge in [0.2, 0.25) is 0 Å². The zero-order valence-corrected chi connectivity index (χ0v) is 25.5. The van der Waals surface area contributed by atoms with Crippen LogP contribution in [0.4, 0.5) is 0 Å². The number of thiophene rings is 2. The van der Waals surface area contributed by atoms with Gasteiger partial charge in [-0.2, -0.15) is 0 Å². The maximum atomic E-state index is 3.89. The van der Waals surface area contributed by atoms with Gasteiger partial charge in [-0.05, 0) is 113 Å². The van der Waals surface area contributed by atoms with Gasteiger partial charge in [-0.3, -0.25) is 0 Å². The molecule has 6 aromatic heterocycles. The van der Waals surface area contributed by atoms with Crippen LogP contribution >= 0.6 is 22.7 Å². The van der Waals surface area contributed by atoms with Gasteiger partial charge in [0.1, 0.15) is 0 Å². The summed E-state index contributed by atoms with van der Waals surface area (Å²) in [5.41, 5.74) is 8.35. The van der Waals surface area contributed by atoms with Crippen LogP contribution in [0.1, 0.15) is 96.8 Å². The maximum absolute atomic E-state index is 3.89. The van der Waals surface area contributed by atoms with Crippen LogP contribution in [0.3, 0.4) is 0 Å². The topological polar surface area (TPSA) is 63.2 Å². The molecule has 204 valence electrons. The Morgan fingerprint density at radius 3 is 0.925 bits per heavy atom. The van der Waals surface area contributed by atoms with Crippen molar-refractivity contribution in [1.82, 2.24) is 19.9 Å². The van der Waals surface area contributed by atoms with Crippen LogP contribution in [0.25, 0.3) is 0 Å². The summed E-state index contributed by atoms with van der Waals surface area (Å²) >= 11 is 3.61. The molecule has 6 heteroatoms. The largest absolute Gasteiger partial charge is 0.360 e. The summed E-state index contributed by atoms with van der Waals surface area (Å²) in [6, 6.07) is 27.0. The molecule has 0 aromatic carbocycles. The van der Waals surface area contributed by atoms with Crippen molar-refractivity contribution in [1.29, 1.82) is 0 Å². The lowest BCUT2D eigenvalue weighted by molar-refractivity contribution is 0.566. The van der Waals surface area contributed by atoms with Crippen molar-refractivity contribution in [3.8, 4) is 0 Å². The molecular weight excluding hydrogens is 529 g/mol.